The topological polar surface area (TPSA) is 109 Å². The second-order valence-corrected chi connectivity index (χ2v) is 15.2. The number of halogens is 3. The maximum atomic E-state index is 15.1. The minimum atomic E-state index is -2.64. The van der Waals surface area contributed by atoms with Crippen LogP contribution in [0.2, 0.25) is 5.02 Å². The third kappa shape index (κ3) is 5.87. The summed E-state index contributed by atoms with van der Waals surface area (Å²) < 4.78 is 43.0. The largest absolute Gasteiger partial charge is 0.507 e. The molecule has 9 nitrogen and oxygen atoms in total. The molecular formula is C32H33ClF2N5O4P. The van der Waals surface area contributed by atoms with E-state index in [0.29, 0.717) is 28.4 Å². The Bertz CT molecular complexity index is 1970. The molecule has 13 heteroatoms. The number of anilines is 1. The van der Waals surface area contributed by atoms with Gasteiger partial charge in [-0.15, -0.1) is 0 Å². The van der Waals surface area contributed by atoms with Crippen molar-refractivity contribution in [2.24, 2.45) is 0 Å². The van der Waals surface area contributed by atoms with E-state index in [2.05, 4.69) is 11.6 Å². The van der Waals surface area contributed by atoms with Crippen molar-refractivity contribution >= 4 is 46.8 Å². The van der Waals surface area contributed by atoms with Gasteiger partial charge in [-0.3, -0.25) is 4.79 Å². The number of aryl methyl sites for hydroxylation is 2. The lowest BCUT2D eigenvalue weighted by Crippen LogP contribution is -2.54. The summed E-state index contributed by atoms with van der Waals surface area (Å²) in [5.41, 5.74) is 1.00. The van der Waals surface area contributed by atoms with Gasteiger partial charge < -0.3 is 19.5 Å². The molecule has 1 N–H and O–H groups in total. The Morgan fingerprint density at radius 3 is 2.51 bits per heavy atom. The van der Waals surface area contributed by atoms with E-state index >= 15 is 4.39 Å². The Balaban J connectivity index is 1.82. The number of aromatic hydroxyl groups is 1. The van der Waals surface area contributed by atoms with Crippen LogP contribution in [0.15, 0.2) is 53.6 Å². The summed E-state index contributed by atoms with van der Waals surface area (Å²) in [6.45, 7) is 12.5. The number of rotatable bonds is 6. The van der Waals surface area contributed by atoms with Gasteiger partial charge in [-0.25, -0.2) is 23.1 Å². The van der Waals surface area contributed by atoms with Crippen LogP contribution in [0.4, 0.5) is 14.6 Å². The highest BCUT2D eigenvalue weighted by Crippen LogP contribution is 2.40. The number of piperazine rings is 1. The fourth-order valence-corrected chi connectivity index (χ4v) is 7.03. The second kappa shape index (κ2) is 12.0. The number of fused-ring (bicyclic) bond motifs is 1. The van der Waals surface area contributed by atoms with Gasteiger partial charge in [-0.05, 0) is 75.1 Å². The van der Waals surface area contributed by atoms with Crippen LogP contribution in [0.25, 0.3) is 28.0 Å². The molecule has 3 heterocycles. The fraction of sp³-hybridized carbons (Fsp3) is 0.312. The van der Waals surface area contributed by atoms with Crippen molar-refractivity contribution in [2.45, 2.75) is 33.2 Å². The summed E-state index contributed by atoms with van der Waals surface area (Å²) >= 11 is 6.72. The lowest BCUT2D eigenvalue weighted by atomic mass is 10.0. The number of carbonyl (C=O) groups excluding carboxylic acids is 1. The van der Waals surface area contributed by atoms with E-state index in [4.69, 9.17) is 16.6 Å². The first kappa shape index (κ1) is 32.3. The molecule has 0 aliphatic carbocycles. The molecule has 236 valence electrons. The van der Waals surface area contributed by atoms with Crippen LogP contribution in [0, 0.1) is 12.7 Å². The Hall–Kier alpha value is -4.08. The van der Waals surface area contributed by atoms with Gasteiger partial charge >= 0.3 is 5.69 Å². The fourth-order valence-electron chi connectivity index (χ4n) is 5.81. The maximum Gasteiger partial charge on any atom is 0.355 e. The van der Waals surface area contributed by atoms with Crippen LogP contribution in [-0.4, -0.2) is 69.5 Å². The van der Waals surface area contributed by atoms with Gasteiger partial charge in [-0.1, -0.05) is 31.2 Å². The number of benzene rings is 2. The van der Waals surface area contributed by atoms with Gasteiger partial charge in [0.05, 0.1) is 27.4 Å². The predicted octanol–water partition coefficient (Wildman–Crippen LogP) is 5.58. The van der Waals surface area contributed by atoms with Crippen molar-refractivity contribution in [3.8, 4) is 22.7 Å². The lowest BCUT2D eigenvalue weighted by Gasteiger charge is -2.40. The molecule has 1 aliphatic rings. The standard InChI is InChI=1S/C32H33ClF2N5O4P/c1-7-20-14-21(45(5,6)44)13-17(2)28(20)40-30-22(15-23(33)27(36-30)26-24(35)9-8-10-25(26)41)29(37-32(40)43)39-12-11-38(16-18(39)3)31(42)19(4)34/h8-10,13-15,18,41H,4,7,11-12,16H2,1-3,5-6H3/t18-/m0/s1. The first-order valence-electron chi connectivity index (χ1n) is 14.3. The number of pyridine rings is 1. The van der Waals surface area contributed by atoms with E-state index in [-0.39, 0.29) is 53.1 Å². The molecule has 1 saturated heterocycles. The molecule has 0 spiro atoms. The maximum absolute atomic E-state index is 15.1. The third-order valence-corrected chi connectivity index (χ3v) is 9.83. The van der Waals surface area contributed by atoms with Crippen molar-refractivity contribution in [3.63, 3.8) is 0 Å². The quantitative estimate of drug-likeness (QED) is 0.213. The molecule has 45 heavy (non-hydrogen) atoms. The summed E-state index contributed by atoms with van der Waals surface area (Å²) in [6, 6.07) is 8.55. The highest BCUT2D eigenvalue weighted by atomic mass is 35.5. The number of phenolic OH excluding ortho intramolecular Hbond substituents is 1. The molecule has 1 fully saturated rings. The number of nitrogens with zero attached hydrogens (tertiary/aromatic N) is 5. The van der Waals surface area contributed by atoms with E-state index in [0.717, 1.165) is 5.56 Å². The smallest absolute Gasteiger partial charge is 0.355 e. The molecule has 2 aromatic heterocycles. The summed E-state index contributed by atoms with van der Waals surface area (Å²) in [6.07, 6.45) is 0.487. The van der Waals surface area contributed by atoms with Crippen LogP contribution < -0.4 is 15.9 Å². The Morgan fingerprint density at radius 1 is 1.20 bits per heavy atom. The molecule has 0 saturated carbocycles. The van der Waals surface area contributed by atoms with Gasteiger partial charge in [0.15, 0.2) is 11.5 Å². The molecule has 1 aliphatic heterocycles. The average molecular weight is 656 g/mol. The third-order valence-electron chi connectivity index (χ3n) is 8.04. The van der Waals surface area contributed by atoms with Crippen molar-refractivity contribution < 1.29 is 23.2 Å². The normalized spacial score (nSPS) is 15.5. The van der Waals surface area contributed by atoms with E-state index in [1.54, 1.807) is 26.3 Å². The molecular weight excluding hydrogens is 623 g/mol. The molecule has 0 radical (unpaired) electrons. The Morgan fingerprint density at radius 2 is 1.91 bits per heavy atom. The van der Waals surface area contributed by atoms with E-state index < -0.39 is 36.4 Å². The summed E-state index contributed by atoms with van der Waals surface area (Å²) in [7, 11) is -2.64. The van der Waals surface area contributed by atoms with Crippen LogP contribution >= 0.6 is 18.7 Å². The molecule has 0 bridgehead atoms. The monoisotopic (exact) mass is 655 g/mol. The summed E-state index contributed by atoms with van der Waals surface area (Å²) in [5.74, 6) is -2.76. The number of hydrogen-bond donors (Lipinski definition) is 1. The zero-order valence-electron chi connectivity index (χ0n) is 25.6. The molecule has 4 aromatic rings. The predicted molar refractivity (Wildman–Crippen MR) is 174 cm³/mol. The van der Waals surface area contributed by atoms with E-state index in [1.807, 2.05) is 24.8 Å². The van der Waals surface area contributed by atoms with Crippen LogP contribution in [0.3, 0.4) is 0 Å². The second-order valence-electron chi connectivity index (χ2n) is 11.6. The highest BCUT2D eigenvalue weighted by Gasteiger charge is 2.32. The molecule has 1 atom stereocenters. The van der Waals surface area contributed by atoms with Gasteiger partial charge in [0.2, 0.25) is 0 Å². The number of aromatic nitrogens is 3. The molecule has 1 amide bonds. The SMILES string of the molecule is C=C(F)C(=O)N1CCN(c2nc(=O)n(-c3c(C)cc(P(C)(C)=O)cc3CC)c3nc(-c4c(O)cccc4F)c(Cl)cc23)[C@@H](C)C1. The van der Waals surface area contributed by atoms with Gasteiger partial charge in [0.1, 0.15) is 24.5 Å². The highest BCUT2D eigenvalue weighted by molar-refractivity contribution is 7.70. The van der Waals surface area contributed by atoms with E-state index in [1.165, 1.54) is 33.7 Å². The van der Waals surface area contributed by atoms with E-state index in [9.17, 15) is 23.7 Å². The Labute approximate surface area is 264 Å². The number of hydrogen-bond acceptors (Lipinski definition) is 7. The van der Waals surface area contributed by atoms with Crippen LogP contribution in [-0.2, 0) is 15.8 Å². The van der Waals surface area contributed by atoms with Gasteiger partial charge in [0.25, 0.3) is 5.91 Å². The van der Waals surface area contributed by atoms with Crippen molar-refractivity contribution in [3.05, 3.63) is 81.3 Å². The summed E-state index contributed by atoms with van der Waals surface area (Å²) in [4.78, 5) is 38.7. The lowest BCUT2D eigenvalue weighted by molar-refractivity contribution is -0.129. The molecule has 0 unspecified atom stereocenters. The summed E-state index contributed by atoms with van der Waals surface area (Å²) in [5, 5.41) is 11.6. The Kier molecular flexibility index (Phi) is 8.63. The van der Waals surface area contributed by atoms with Crippen molar-refractivity contribution in [1.82, 2.24) is 19.4 Å². The first-order chi connectivity index (χ1) is 21.1. The number of carbonyl (C=O) groups is 1. The van der Waals surface area contributed by atoms with Crippen LogP contribution in [0.5, 0.6) is 5.75 Å². The molecule has 2 aromatic carbocycles. The minimum Gasteiger partial charge on any atom is -0.507 e. The molecule has 5 rings (SSSR count). The van der Waals surface area contributed by atoms with Gasteiger partial charge in [0, 0.05) is 31.0 Å². The number of amides is 1. The number of phenols is 1. The first-order valence-corrected chi connectivity index (χ1v) is 17.3. The zero-order valence-corrected chi connectivity index (χ0v) is 27.2. The van der Waals surface area contributed by atoms with Crippen molar-refractivity contribution in [2.75, 3.05) is 37.9 Å². The average Bonchev–Trinajstić information content (AvgIpc) is 2.96. The van der Waals surface area contributed by atoms with Crippen LogP contribution in [0.1, 0.15) is 25.0 Å². The van der Waals surface area contributed by atoms with Crippen molar-refractivity contribution in [1.29, 1.82) is 0 Å². The minimum absolute atomic E-state index is 0.00651. The zero-order chi connectivity index (χ0) is 33.0. The van der Waals surface area contributed by atoms with Gasteiger partial charge in [-0.2, -0.15) is 4.98 Å².